The first-order valence-electron chi connectivity index (χ1n) is 8.79. The molecule has 2 heterocycles. The fourth-order valence-corrected chi connectivity index (χ4v) is 4.54. The van der Waals surface area contributed by atoms with Crippen LogP contribution in [0.25, 0.3) is 0 Å². The lowest BCUT2D eigenvalue weighted by atomic mass is 10.3. The van der Waals surface area contributed by atoms with Crippen molar-refractivity contribution < 1.29 is 17.5 Å². The summed E-state index contributed by atoms with van der Waals surface area (Å²) in [5.74, 6) is 0.0794. The number of hydrogen-bond donors (Lipinski definition) is 0. The minimum absolute atomic E-state index is 0.0371. The molecule has 0 bridgehead atoms. The quantitative estimate of drug-likeness (QED) is 0.765. The van der Waals surface area contributed by atoms with Crippen molar-refractivity contribution in [3.05, 3.63) is 41.5 Å². The van der Waals surface area contributed by atoms with Crippen LogP contribution in [0.2, 0.25) is 0 Å². The third-order valence-corrected chi connectivity index (χ3v) is 6.59. The minimum atomic E-state index is -3.79. The SMILES string of the molecule is O=S(=O)(c1cccc(F)c1)N1CCCn2nnc(COCC3CC3)c2C1. The Morgan fingerprint density at radius 3 is 2.88 bits per heavy atom. The van der Waals surface area contributed by atoms with Gasteiger partial charge in [-0.1, -0.05) is 11.3 Å². The van der Waals surface area contributed by atoms with Crippen LogP contribution in [0.4, 0.5) is 4.39 Å². The molecular weight excluding hydrogens is 359 g/mol. The van der Waals surface area contributed by atoms with Crippen LogP contribution in [0.3, 0.4) is 0 Å². The second kappa shape index (κ2) is 7.05. The van der Waals surface area contributed by atoms with Gasteiger partial charge in [0.25, 0.3) is 0 Å². The van der Waals surface area contributed by atoms with E-state index in [-0.39, 0.29) is 11.4 Å². The van der Waals surface area contributed by atoms with Crippen LogP contribution in [0.1, 0.15) is 30.7 Å². The summed E-state index contributed by atoms with van der Waals surface area (Å²) < 4.78 is 48.1. The maximum atomic E-state index is 13.5. The van der Waals surface area contributed by atoms with Crippen molar-refractivity contribution in [3.8, 4) is 0 Å². The molecule has 4 rings (SSSR count). The Kier molecular flexibility index (Phi) is 4.76. The van der Waals surface area contributed by atoms with Gasteiger partial charge in [-0.3, -0.25) is 0 Å². The summed E-state index contributed by atoms with van der Waals surface area (Å²) >= 11 is 0. The van der Waals surface area contributed by atoms with Gasteiger partial charge >= 0.3 is 0 Å². The van der Waals surface area contributed by atoms with Crippen LogP contribution in [-0.4, -0.2) is 40.9 Å². The first-order chi connectivity index (χ1) is 12.5. The maximum Gasteiger partial charge on any atom is 0.243 e. The molecule has 9 heteroatoms. The molecule has 1 aliphatic heterocycles. The summed E-state index contributed by atoms with van der Waals surface area (Å²) in [6, 6.07) is 5.10. The lowest BCUT2D eigenvalue weighted by Gasteiger charge is -2.20. The van der Waals surface area contributed by atoms with Gasteiger partial charge in [0.1, 0.15) is 11.5 Å². The number of hydrogen-bond acceptors (Lipinski definition) is 5. The fraction of sp³-hybridized carbons (Fsp3) is 0.529. The Balaban J connectivity index is 1.55. The average Bonchev–Trinajstić information content (AvgIpc) is 3.40. The smallest absolute Gasteiger partial charge is 0.243 e. The zero-order valence-electron chi connectivity index (χ0n) is 14.3. The fourth-order valence-electron chi connectivity index (χ4n) is 3.06. The van der Waals surface area contributed by atoms with Crippen molar-refractivity contribution in [2.75, 3.05) is 13.2 Å². The molecule has 140 valence electrons. The number of sulfonamides is 1. The minimum Gasteiger partial charge on any atom is -0.375 e. The molecule has 1 aromatic carbocycles. The summed E-state index contributed by atoms with van der Waals surface area (Å²) in [6.45, 7) is 2.15. The van der Waals surface area contributed by atoms with Crippen LogP contribution in [0.5, 0.6) is 0 Å². The van der Waals surface area contributed by atoms with E-state index >= 15 is 0 Å². The molecule has 0 radical (unpaired) electrons. The summed E-state index contributed by atoms with van der Waals surface area (Å²) in [4.78, 5) is -0.0371. The van der Waals surface area contributed by atoms with Crippen LogP contribution in [-0.2, 0) is 34.5 Å². The molecule has 0 atom stereocenters. The van der Waals surface area contributed by atoms with Crippen molar-refractivity contribution in [3.63, 3.8) is 0 Å². The van der Waals surface area contributed by atoms with Crippen LogP contribution >= 0.6 is 0 Å². The number of benzene rings is 1. The topological polar surface area (TPSA) is 77.3 Å². The van der Waals surface area contributed by atoms with Crippen molar-refractivity contribution in [1.29, 1.82) is 0 Å². The lowest BCUT2D eigenvalue weighted by molar-refractivity contribution is 0.108. The van der Waals surface area contributed by atoms with E-state index in [0.29, 0.717) is 44.3 Å². The second-order valence-electron chi connectivity index (χ2n) is 6.81. The van der Waals surface area contributed by atoms with Gasteiger partial charge in [-0.05, 0) is 43.4 Å². The monoisotopic (exact) mass is 380 g/mol. The molecular formula is C17H21FN4O3S. The first kappa shape index (κ1) is 17.6. The Labute approximate surface area is 151 Å². The van der Waals surface area contributed by atoms with Crippen molar-refractivity contribution in [1.82, 2.24) is 19.3 Å². The highest BCUT2D eigenvalue weighted by atomic mass is 32.2. The van der Waals surface area contributed by atoms with E-state index in [9.17, 15) is 12.8 Å². The molecule has 0 saturated heterocycles. The van der Waals surface area contributed by atoms with Crippen LogP contribution in [0, 0.1) is 11.7 Å². The van der Waals surface area contributed by atoms with Gasteiger partial charge in [0, 0.05) is 19.7 Å². The van der Waals surface area contributed by atoms with Gasteiger partial charge in [0.05, 0.1) is 23.7 Å². The highest BCUT2D eigenvalue weighted by Gasteiger charge is 2.30. The number of aromatic nitrogens is 3. The number of halogens is 1. The molecule has 2 aliphatic rings. The van der Waals surface area contributed by atoms with Gasteiger partial charge in [0.15, 0.2) is 0 Å². The van der Waals surface area contributed by atoms with E-state index in [0.717, 1.165) is 11.8 Å². The highest BCUT2D eigenvalue weighted by molar-refractivity contribution is 7.89. The Morgan fingerprint density at radius 2 is 2.12 bits per heavy atom. The van der Waals surface area contributed by atoms with E-state index in [1.54, 1.807) is 4.68 Å². The molecule has 7 nitrogen and oxygen atoms in total. The highest BCUT2D eigenvalue weighted by Crippen LogP contribution is 2.29. The van der Waals surface area contributed by atoms with E-state index in [2.05, 4.69) is 10.3 Å². The molecule has 0 N–H and O–H groups in total. The van der Waals surface area contributed by atoms with Gasteiger partial charge in [0.2, 0.25) is 10.0 Å². The van der Waals surface area contributed by atoms with Gasteiger partial charge in [-0.2, -0.15) is 4.31 Å². The summed E-state index contributed by atoms with van der Waals surface area (Å²) in [5, 5.41) is 8.31. The van der Waals surface area contributed by atoms with Gasteiger partial charge in [-0.15, -0.1) is 5.10 Å². The van der Waals surface area contributed by atoms with E-state index in [1.807, 2.05) is 0 Å². The molecule has 0 unspecified atom stereocenters. The molecule has 1 saturated carbocycles. The van der Waals surface area contributed by atoms with Crippen molar-refractivity contribution in [2.45, 2.75) is 43.9 Å². The summed E-state index contributed by atoms with van der Waals surface area (Å²) in [7, 11) is -3.79. The normalized spacial score (nSPS) is 18.5. The Hall–Kier alpha value is -1.84. The Bertz CT molecular complexity index is 895. The largest absolute Gasteiger partial charge is 0.375 e. The molecule has 2 aromatic rings. The van der Waals surface area contributed by atoms with Gasteiger partial charge < -0.3 is 4.74 Å². The zero-order valence-corrected chi connectivity index (χ0v) is 15.2. The number of nitrogens with zero attached hydrogens (tertiary/aromatic N) is 4. The van der Waals surface area contributed by atoms with Crippen LogP contribution < -0.4 is 0 Å². The zero-order chi connectivity index (χ0) is 18.1. The van der Waals surface area contributed by atoms with E-state index in [1.165, 1.54) is 35.3 Å². The van der Waals surface area contributed by atoms with Crippen LogP contribution in [0.15, 0.2) is 29.2 Å². The summed E-state index contributed by atoms with van der Waals surface area (Å²) in [6.07, 6.45) is 3.03. The second-order valence-corrected chi connectivity index (χ2v) is 8.75. The Morgan fingerprint density at radius 1 is 1.27 bits per heavy atom. The summed E-state index contributed by atoms with van der Waals surface area (Å²) in [5.41, 5.74) is 1.42. The number of aryl methyl sites for hydroxylation is 1. The third kappa shape index (κ3) is 3.65. The number of ether oxygens (including phenoxy) is 1. The lowest BCUT2D eigenvalue weighted by Crippen LogP contribution is -2.31. The molecule has 26 heavy (non-hydrogen) atoms. The molecule has 1 fully saturated rings. The molecule has 0 amide bonds. The number of rotatable bonds is 6. The third-order valence-electron chi connectivity index (χ3n) is 4.74. The predicted octanol–water partition coefficient (Wildman–Crippen LogP) is 1.94. The molecule has 0 spiro atoms. The molecule has 1 aromatic heterocycles. The molecule has 1 aliphatic carbocycles. The first-order valence-corrected chi connectivity index (χ1v) is 10.2. The van der Waals surface area contributed by atoms with Crippen molar-refractivity contribution >= 4 is 10.0 Å². The van der Waals surface area contributed by atoms with Gasteiger partial charge in [-0.25, -0.2) is 17.5 Å². The standard InChI is InChI=1S/C17H21FN4O3S/c18-14-3-1-4-15(9-14)26(23,24)21-7-2-8-22-17(10-21)16(19-20-22)12-25-11-13-5-6-13/h1,3-4,9,13H,2,5-8,10-12H2. The van der Waals surface area contributed by atoms with E-state index < -0.39 is 15.8 Å². The van der Waals surface area contributed by atoms with Crippen molar-refractivity contribution in [2.24, 2.45) is 5.92 Å². The van der Waals surface area contributed by atoms with E-state index in [4.69, 9.17) is 4.74 Å². The maximum absolute atomic E-state index is 13.5. The average molecular weight is 380 g/mol. The predicted molar refractivity (Wildman–Crippen MR) is 91.0 cm³/mol. The number of fused-ring (bicyclic) bond motifs is 1.